The quantitative estimate of drug-likeness (QED) is 0.624. The van der Waals surface area contributed by atoms with Crippen LogP contribution in [0.1, 0.15) is 16.8 Å². The minimum Gasteiger partial charge on any atom is -0.294 e. The van der Waals surface area contributed by atoms with Crippen LogP contribution in [0, 0.1) is 5.82 Å². The van der Waals surface area contributed by atoms with Crippen molar-refractivity contribution in [2.75, 3.05) is 5.75 Å². The van der Waals surface area contributed by atoms with Crippen molar-refractivity contribution < 1.29 is 17.6 Å². The van der Waals surface area contributed by atoms with E-state index in [0.29, 0.717) is 10.6 Å². The Morgan fingerprint density at radius 3 is 2.14 bits per heavy atom. The van der Waals surface area contributed by atoms with E-state index in [9.17, 15) is 17.6 Å². The molecule has 0 aliphatic heterocycles. The maximum Gasteiger partial charge on any atom is 0.178 e. The molecule has 2 aromatic rings. The van der Waals surface area contributed by atoms with Gasteiger partial charge in [0.15, 0.2) is 15.6 Å². The van der Waals surface area contributed by atoms with Gasteiger partial charge in [0, 0.05) is 17.0 Å². The summed E-state index contributed by atoms with van der Waals surface area (Å²) in [6.45, 7) is 0. The number of hydrogen-bond donors (Lipinski definition) is 0. The molecule has 0 saturated carbocycles. The van der Waals surface area contributed by atoms with Crippen LogP contribution in [0.4, 0.5) is 4.39 Å². The van der Waals surface area contributed by atoms with E-state index in [1.54, 1.807) is 24.3 Å². The molecule has 0 amide bonds. The Hall–Kier alpha value is -1.72. The van der Waals surface area contributed by atoms with Gasteiger partial charge in [0.2, 0.25) is 0 Å². The highest BCUT2D eigenvalue weighted by atomic mass is 35.5. The second-order valence-corrected chi connectivity index (χ2v) is 7.00. The van der Waals surface area contributed by atoms with E-state index in [1.165, 1.54) is 12.1 Å². The Morgan fingerprint density at radius 2 is 1.57 bits per heavy atom. The molecule has 0 bridgehead atoms. The third kappa shape index (κ3) is 4.12. The number of sulfone groups is 1. The monoisotopic (exact) mass is 326 g/mol. The van der Waals surface area contributed by atoms with Gasteiger partial charge in [0.25, 0.3) is 0 Å². The highest BCUT2D eigenvalue weighted by Crippen LogP contribution is 2.15. The van der Waals surface area contributed by atoms with Crippen LogP contribution in [0.2, 0.25) is 5.02 Å². The minimum atomic E-state index is -3.60. The van der Waals surface area contributed by atoms with Crippen LogP contribution in [0.15, 0.2) is 53.4 Å². The molecule has 0 aromatic heterocycles. The zero-order valence-corrected chi connectivity index (χ0v) is 12.5. The van der Waals surface area contributed by atoms with E-state index < -0.39 is 15.7 Å². The van der Waals surface area contributed by atoms with E-state index in [1.807, 2.05) is 0 Å². The Bertz CT molecular complexity index is 737. The van der Waals surface area contributed by atoms with Crippen molar-refractivity contribution in [1.82, 2.24) is 0 Å². The van der Waals surface area contributed by atoms with Crippen molar-refractivity contribution in [1.29, 1.82) is 0 Å². The van der Waals surface area contributed by atoms with E-state index in [0.717, 1.165) is 12.1 Å². The van der Waals surface area contributed by atoms with Crippen LogP contribution >= 0.6 is 11.6 Å². The number of halogens is 2. The van der Waals surface area contributed by atoms with Crippen LogP contribution in [-0.4, -0.2) is 20.0 Å². The van der Waals surface area contributed by atoms with Gasteiger partial charge in [-0.25, -0.2) is 12.8 Å². The van der Waals surface area contributed by atoms with Crippen molar-refractivity contribution in [3.8, 4) is 0 Å². The van der Waals surface area contributed by atoms with Gasteiger partial charge in [-0.1, -0.05) is 11.6 Å². The van der Waals surface area contributed by atoms with Gasteiger partial charge < -0.3 is 0 Å². The average molecular weight is 327 g/mol. The van der Waals surface area contributed by atoms with Crippen molar-refractivity contribution >= 4 is 27.2 Å². The van der Waals surface area contributed by atoms with Crippen LogP contribution in [0.3, 0.4) is 0 Å². The summed E-state index contributed by atoms with van der Waals surface area (Å²) in [5.41, 5.74) is 0.411. The van der Waals surface area contributed by atoms with Gasteiger partial charge in [-0.05, 0) is 48.5 Å². The lowest BCUT2D eigenvalue weighted by molar-refractivity contribution is 0.0989. The predicted molar refractivity (Wildman–Crippen MR) is 78.9 cm³/mol. The number of Topliss-reactive ketones (excluding diaryl/α,β-unsaturated/α-hetero) is 1. The zero-order chi connectivity index (χ0) is 15.5. The summed E-state index contributed by atoms with van der Waals surface area (Å²) in [4.78, 5) is 11.9. The third-order valence-corrected chi connectivity index (χ3v) is 4.92. The zero-order valence-electron chi connectivity index (χ0n) is 10.9. The van der Waals surface area contributed by atoms with E-state index in [-0.39, 0.29) is 22.9 Å². The van der Waals surface area contributed by atoms with Gasteiger partial charge in [0.1, 0.15) is 5.82 Å². The van der Waals surface area contributed by atoms with Crippen molar-refractivity contribution in [3.63, 3.8) is 0 Å². The molecule has 2 aromatic carbocycles. The number of carbonyl (C=O) groups excluding carboxylic acids is 1. The van der Waals surface area contributed by atoms with Gasteiger partial charge in [-0.15, -0.1) is 0 Å². The molecule has 0 atom stereocenters. The highest BCUT2D eigenvalue weighted by Gasteiger charge is 2.17. The van der Waals surface area contributed by atoms with Crippen molar-refractivity contribution in [2.45, 2.75) is 11.3 Å². The fraction of sp³-hybridized carbons (Fsp3) is 0.133. The third-order valence-electron chi connectivity index (χ3n) is 2.94. The molecule has 0 unspecified atom stereocenters. The van der Waals surface area contributed by atoms with Crippen LogP contribution in [-0.2, 0) is 9.84 Å². The predicted octanol–water partition coefficient (Wildman–Crippen LogP) is 3.53. The maximum absolute atomic E-state index is 12.8. The Balaban J connectivity index is 2.06. The number of carbonyl (C=O) groups is 1. The lowest BCUT2D eigenvalue weighted by Crippen LogP contribution is -2.11. The molecular formula is C15H12ClFO3S. The molecule has 2 rings (SSSR count). The molecule has 3 nitrogen and oxygen atoms in total. The lowest BCUT2D eigenvalue weighted by atomic mass is 10.1. The SMILES string of the molecule is O=C(CCS(=O)(=O)c1ccc(F)cc1)c1ccc(Cl)cc1. The Morgan fingerprint density at radius 1 is 1.00 bits per heavy atom. The number of ketones is 1. The molecule has 0 spiro atoms. The molecule has 6 heteroatoms. The maximum atomic E-state index is 12.8. The van der Waals surface area contributed by atoms with E-state index >= 15 is 0 Å². The fourth-order valence-corrected chi connectivity index (χ4v) is 3.13. The smallest absolute Gasteiger partial charge is 0.178 e. The second kappa shape index (κ2) is 6.37. The van der Waals surface area contributed by atoms with Crippen LogP contribution < -0.4 is 0 Å². The fourth-order valence-electron chi connectivity index (χ4n) is 1.77. The van der Waals surface area contributed by atoms with Crippen molar-refractivity contribution in [2.24, 2.45) is 0 Å². The molecule has 110 valence electrons. The molecule has 0 aliphatic carbocycles. The number of rotatable bonds is 5. The normalized spacial score (nSPS) is 11.3. The molecule has 0 aliphatic rings. The number of benzene rings is 2. The summed E-state index contributed by atoms with van der Waals surface area (Å²) in [5.74, 6) is -1.11. The van der Waals surface area contributed by atoms with E-state index in [2.05, 4.69) is 0 Å². The molecular weight excluding hydrogens is 315 g/mol. The van der Waals surface area contributed by atoms with Gasteiger partial charge in [-0.2, -0.15) is 0 Å². The average Bonchev–Trinajstić information content (AvgIpc) is 2.46. The molecule has 0 radical (unpaired) electrons. The largest absolute Gasteiger partial charge is 0.294 e. The lowest BCUT2D eigenvalue weighted by Gasteiger charge is -2.04. The Kier molecular flexibility index (Phi) is 4.75. The van der Waals surface area contributed by atoms with E-state index in [4.69, 9.17) is 11.6 Å². The first-order valence-corrected chi connectivity index (χ1v) is 8.18. The summed E-state index contributed by atoms with van der Waals surface area (Å²) >= 11 is 5.72. The number of hydrogen-bond acceptors (Lipinski definition) is 3. The summed E-state index contributed by atoms with van der Waals surface area (Å²) in [6, 6.07) is 10.8. The first-order valence-electron chi connectivity index (χ1n) is 6.15. The Labute approximate surface area is 127 Å². The minimum absolute atomic E-state index is 0.00723. The van der Waals surface area contributed by atoms with Gasteiger partial charge in [-0.3, -0.25) is 4.79 Å². The summed E-state index contributed by atoms with van der Waals surface area (Å²) < 4.78 is 36.9. The first kappa shape index (κ1) is 15.7. The summed E-state index contributed by atoms with van der Waals surface area (Å²) in [5, 5.41) is 0.505. The topological polar surface area (TPSA) is 51.2 Å². The van der Waals surface area contributed by atoms with Crippen LogP contribution in [0.25, 0.3) is 0 Å². The second-order valence-electron chi connectivity index (χ2n) is 4.45. The molecule has 0 fully saturated rings. The van der Waals surface area contributed by atoms with Gasteiger partial charge in [0.05, 0.1) is 10.6 Å². The van der Waals surface area contributed by atoms with Crippen LogP contribution in [0.5, 0.6) is 0 Å². The summed E-state index contributed by atoms with van der Waals surface area (Å²) in [7, 11) is -3.60. The molecule has 21 heavy (non-hydrogen) atoms. The standard InChI is InChI=1S/C15H12ClFO3S/c16-12-3-1-11(2-4-12)15(18)9-10-21(19,20)14-7-5-13(17)6-8-14/h1-8H,9-10H2. The van der Waals surface area contributed by atoms with Gasteiger partial charge >= 0.3 is 0 Å². The molecule has 0 heterocycles. The highest BCUT2D eigenvalue weighted by molar-refractivity contribution is 7.91. The van der Waals surface area contributed by atoms with Crippen molar-refractivity contribution in [3.05, 3.63) is 64.9 Å². The molecule has 0 saturated heterocycles. The first-order chi connectivity index (χ1) is 9.88. The molecule has 0 N–H and O–H groups in total. The summed E-state index contributed by atoms with van der Waals surface area (Å²) in [6.07, 6.45) is -0.138.